The van der Waals surface area contributed by atoms with Gasteiger partial charge in [-0.1, -0.05) is 26.2 Å². The molecule has 10 nitrogen and oxygen atoms in total. The Balaban J connectivity index is 2.53. The Bertz CT molecular complexity index is 603. The van der Waals surface area contributed by atoms with Crippen molar-refractivity contribution in [2.45, 2.75) is 102 Å². The van der Waals surface area contributed by atoms with Crippen molar-refractivity contribution in [2.24, 2.45) is 0 Å². The third-order valence-corrected chi connectivity index (χ3v) is 5.02. The normalized spacial score (nSPS) is 23.7. The highest BCUT2D eigenvalue weighted by Gasteiger charge is 2.69. The largest absolute Gasteiger partial charge is 0.459 e. The molecule has 0 aliphatic carbocycles. The SMILES string of the molecule is CCCCCC(O)C1(C2(O)OC(=O)CCCCC(=O)O2)OC(=O)CCCCC(=O)O1. The van der Waals surface area contributed by atoms with Gasteiger partial charge in [-0.05, 0) is 32.1 Å². The summed E-state index contributed by atoms with van der Waals surface area (Å²) in [6, 6.07) is 0. The zero-order valence-corrected chi connectivity index (χ0v) is 17.2. The number of esters is 4. The van der Waals surface area contributed by atoms with Crippen LogP contribution < -0.4 is 0 Å². The van der Waals surface area contributed by atoms with Crippen molar-refractivity contribution in [2.75, 3.05) is 0 Å². The monoisotopic (exact) mass is 430 g/mol. The van der Waals surface area contributed by atoms with Gasteiger partial charge in [-0.25, -0.2) is 0 Å². The summed E-state index contributed by atoms with van der Waals surface area (Å²) in [6.45, 7) is 1.93. The molecular formula is C20H30O10. The molecule has 2 saturated heterocycles. The third-order valence-electron chi connectivity index (χ3n) is 5.02. The van der Waals surface area contributed by atoms with E-state index in [0.29, 0.717) is 38.5 Å². The maximum Gasteiger partial charge on any atom is 0.459 e. The van der Waals surface area contributed by atoms with Gasteiger partial charge in [0.25, 0.3) is 0 Å². The maximum absolute atomic E-state index is 12.4. The van der Waals surface area contributed by atoms with E-state index < -0.39 is 41.7 Å². The number of carbonyl (C=O) groups is 4. The van der Waals surface area contributed by atoms with E-state index in [1.807, 2.05) is 6.92 Å². The summed E-state index contributed by atoms with van der Waals surface area (Å²) in [5.41, 5.74) is 0. The van der Waals surface area contributed by atoms with E-state index in [1.54, 1.807) is 0 Å². The number of ether oxygens (including phenoxy) is 4. The molecule has 0 amide bonds. The minimum Gasteiger partial charge on any atom is -0.410 e. The molecule has 170 valence electrons. The first-order valence-corrected chi connectivity index (χ1v) is 10.5. The molecule has 2 rings (SSSR count). The van der Waals surface area contributed by atoms with E-state index in [0.717, 1.165) is 6.42 Å². The molecule has 1 unspecified atom stereocenters. The van der Waals surface area contributed by atoms with Crippen LogP contribution >= 0.6 is 0 Å². The Hall–Kier alpha value is -2.20. The quantitative estimate of drug-likeness (QED) is 0.470. The number of cyclic esters (lactones) is 4. The van der Waals surface area contributed by atoms with Crippen molar-refractivity contribution < 1.29 is 48.3 Å². The summed E-state index contributed by atoms with van der Waals surface area (Å²) < 4.78 is 20.5. The van der Waals surface area contributed by atoms with Gasteiger partial charge in [0.2, 0.25) is 0 Å². The molecule has 0 saturated carbocycles. The Morgan fingerprint density at radius 1 is 0.767 bits per heavy atom. The highest BCUT2D eigenvalue weighted by molar-refractivity contribution is 5.75. The minimum absolute atomic E-state index is 0.0776. The van der Waals surface area contributed by atoms with Crippen molar-refractivity contribution >= 4 is 23.9 Å². The maximum atomic E-state index is 12.4. The molecule has 0 radical (unpaired) electrons. The van der Waals surface area contributed by atoms with E-state index in [4.69, 9.17) is 18.9 Å². The zero-order chi connectivity index (χ0) is 22.2. The molecule has 0 spiro atoms. The Kier molecular flexibility index (Phi) is 8.60. The first-order valence-electron chi connectivity index (χ1n) is 10.5. The van der Waals surface area contributed by atoms with Crippen LogP contribution in [-0.2, 0) is 38.1 Å². The van der Waals surface area contributed by atoms with Gasteiger partial charge in [0.15, 0.2) is 0 Å². The summed E-state index contributed by atoms with van der Waals surface area (Å²) in [4.78, 5) is 49.3. The predicted molar refractivity (Wildman–Crippen MR) is 99.1 cm³/mol. The average Bonchev–Trinajstić information content (AvgIpc) is 2.78. The van der Waals surface area contributed by atoms with Crippen LogP contribution in [0.2, 0.25) is 0 Å². The van der Waals surface area contributed by atoms with Gasteiger partial charge in [0.05, 0.1) is 0 Å². The minimum atomic E-state index is -3.33. The molecule has 0 aromatic carbocycles. The van der Waals surface area contributed by atoms with Crippen molar-refractivity contribution in [1.29, 1.82) is 0 Å². The fourth-order valence-corrected chi connectivity index (χ4v) is 3.37. The number of aliphatic hydroxyl groups is 2. The van der Waals surface area contributed by atoms with Crippen LogP contribution in [0.25, 0.3) is 0 Å². The average molecular weight is 430 g/mol. The van der Waals surface area contributed by atoms with Crippen molar-refractivity contribution in [3.05, 3.63) is 0 Å². The molecule has 1 atom stereocenters. The summed E-state index contributed by atoms with van der Waals surface area (Å²) in [5.74, 6) is -9.99. The molecule has 0 bridgehead atoms. The number of hydrogen-bond donors (Lipinski definition) is 2. The smallest absolute Gasteiger partial charge is 0.410 e. The van der Waals surface area contributed by atoms with Gasteiger partial charge in [-0.3, -0.25) is 19.2 Å². The fraction of sp³-hybridized carbons (Fsp3) is 0.800. The lowest BCUT2D eigenvalue weighted by atomic mass is 9.99. The number of aliphatic hydroxyl groups excluding tert-OH is 1. The fourth-order valence-electron chi connectivity index (χ4n) is 3.37. The Labute approximate surface area is 174 Å². The lowest BCUT2D eigenvalue weighted by Crippen LogP contribution is -2.69. The Morgan fingerprint density at radius 3 is 1.57 bits per heavy atom. The van der Waals surface area contributed by atoms with Crippen LogP contribution in [-0.4, -0.2) is 52.0 Å². The van der Waals surface area contributed by atoms with Crippen molar-refractivity contribution in [3.8, 4) is 0 Å². The molecule has 2 N–H and O–H groups in total. The highest BCUT2D eigenvalue weighted by atomic mass is 16.9. The molecule has 2 aliphatic heterocycles. The molecule has 0 aromatic heterocycles. The molecule has 10 heteroatoms. The summed E-state index contributed by atoms with van der Waals surface area (Å²) in [5, 5.41) is 22.1. The van der Waals surface area contributed by atoms with E-state index in [2.05, 4.69) is 0 Å². The third kappa shape index (κ3) is 5.91. The van der Waals surface area contributed by atoms with E-state index in [1.165, 1.54) is 0 Å². The van der Waals surface area contributed by atoms with Crippen LogP contribution in [0, 0.1) is 0 Å². The molecule has 30 heavy (non-hydrogen) atoms. The van der Waals surface area contributed by atoms with Crippen LogP contribution in [0.15, 0.2) is 0 Å². The second-order valence-corrected chi connectivity index (χ2v) is 7.57. The van der Waals surface area contributed by atoms with Crippen molar-refractivity contribution in [3.63, 3.8) is 0 Å². The van der Waals surface area contributed by atoms with Crippen LogP contribution in [0.5, 0.6) is 0 Å². The van der Waals surface area contributed by atoms with Crippen LogP contribution in [0.1, 0.15) is 84.0 Å². The standard InChI is InChI=1S/C20H30O10/c1-2-3-4-9-14(21)19(27-15(22)10-5-6-11-16(23)28-19)20(26)29-17(24)12-7-8-13-18(25)30-20/h14,21,26H,2-13H2,1H3. The van der Waals surface area contributed by atoms with Gasteiger partial charge < -0.3 is 29.2 Å². The number of rotatable bonds is 6. The van der Waals surface area contributed by atoms with Gasteiger partial charge in [-0.2, -0.15) is 0 Å². The van der Waals surface area contributed by atoms with Gasteiger partial charge in [0.1, 0.15) is 6.10 Å². The lowest BCUT2D eigenvalue weighted by molar-refractivity contribution is -0.458. The first-order chi connectivity index (χ1) is 14.2. The molecule has 2 aliphatic rings. The topological polar surface area (TPSA) is 146 Å². The van der Waals surface area contributed by atoms with Gasteiger partial charge in [0, 0.05) is 25.7 Å². The molecular weight excluding hydrogens is 400 g/mol. The summed E-state index contributed by atoms with van der Waals surface area (Å²) >= 11 is 0. The van der Waals surface area contributed by atoms with Crippen LogP contribution in [0.3, 0.4) is 0 Å². The number of carbonyl (C=O) groups excluding carboxylic acids is 4. The summed E-state index contributed by atoms with van der Waals surface area (Å²) in [6.07, 6.45) is 0.690. The highest BCUT2D eigenvalue weighted by Crippen LogP contribution is 2.39. The first kappa shape index (κ1) is 24.1. The van der Waals surface area contributed by atoms with E-state index in [-0.39, 0.29) is 32.1 Å². The number of unbranched alkanes of at least 4 members (excludes halogenated alkanes) is 2. The second-order valence-electron chi connectivity index (χ2n) is 7.57. The lowest BCUT2D eigenvalue weighted by Gasteiger charge is -2.43. The van der Waals surface area contributed by atoms with Crippen molar-refractivity contribution in [1.82, 2.24) is 0 Å². The molecule has 0 aromatic rings. The second kappa shape index (κ2) is 10.7. The zero-order valence-electron chi connectivity index (χ0n) is 17.2. The Morgan fingerprint density at radius 2 is 1.17 bits per heavy atom. The van der Waals surface area contributed by atoms with Gasteiger partial charge in [-0.15, -0.1) is 0 Å². The van der Waals surface area contributed by atoms with Crippen LogP contribution in [0.4, 0.5) is 0 Å². The van der Waals surface area contributed by atoms with E-state index in [9.17, 15) is 29.4 Å². The summed E-state index contributed by atoms with van der Waals surface area (Å²) in [7, 11) is 0. The molecule has 2 heterocycles. The van der Waals surface area contributed by atoms with Gasteiger partial charge >= 0.3 is 35.6 Å². The predicted octanol–water partition coefficient (Wildman–Crippen LogP) is 1.59. The molecule has 2 fully saturated rings. The number of hydrogen-bond acceptors (Lipinski definition) is 10. The van der Waals surface area contributed by atoms with E-state index >= 15 is 0 Å².